The Hall–Kier alpha value is -4.54. The van der Waals surface area contributed by atoms with Crippen LogP contribution in [-0.4, -0.2) is 20.4 Å². The third-order valence-corrected chi connectivity index (χ3v) is 12.3. The van der Waals surface area contributed by atoms with Crippen molar-refractivity contribution in [3.63, 3.8) is 0 Å². The van der Waals surface area contributed by atoms with Crippen LogP contribution in [0.5, 0.6) is 17.2 Å². The van der Waals surface area contributed by atoms with E-state index in [1.807, 2.05) is 0 Å². The summed E-state index contributed by atoms with van der Waals surface area (Å²) in [7, 11) is -2.32. The SMILES string of the molecule is CCCCCCCCCCCCCCCCCC[NH+](CCCCCCCCCCCCC)c1c(OB(Oc2cc(F)c(F)c(F)c2)Oc2cc(F)c(F)c(F)c2)cc(F)c(F)c1F.Fc1c[c-]cc(F)c1F. The second-order valence-electron chi connectivity index (χ2n) is 18.3. The number of hydrogen-bond acceptors (Lipinski definition) is 3. The first kappa shape index (κ1) is 61.8. The zero-order valence-corrected chi connectivity index (χ0v) is 41.9. The highest BCUT2D eigenvalue weighted by Gasteiger charge is 2.37. The molecular weight excluding hydrogens is 961 g/mol. The molecule has 4 aromatic carbocycles. The molecule has 4 nitrogen and oxygen atoms in total. The van der Waals surface area contributed by atoms with Gasteiger partial charge < -0.3 is 14.0 Å². The molecule has 0 aliphatic rings. The van der Waals surface area contributed by atoms with Crippen LogP contribution in [0, 0.1) is 75.9 Å². The number of rotatable bonds is 36. The number of benzene rings is 4. The Bertz CT molecular complexity index is 2030. The first-order chi connectivity index (χ1) is 34.7. The fourth-order valence-corrected chi connectivity index (χ4v) is 8.29. The van der Waals surface area contributed by atoms with E-state index in [0.717, 1.165) is 76.3 Å². The summed E-state index contributed by atoms with van der Waals surface area (Å²) in [5, 5.41) is 0. The molecule has 0 aromatic heterocycles. The van der Waals surface area contributed by atoms with E-state index in [9.17, 15) is 43.9 Å². The van der Waals surface area contributed by atoms with E-state index in [1.54, 1.807) is 0 Å². The quantitative estimate of drug-likeness (QED) is 0.0162. The predicted molar refractivity (Wildman–Crippen MR) is 258 cm³/mol. The van der Waals surface area contributed by atoms with Gasteiger partial charge in [-0.1, -0.05) is 162 Å². The maximum atomic E-state index is 16.0. The molecule has 402 valence electrons. The summed E-state index contributed by atoms with van der Waals surface area (Å²) in [5.74, 6) is -21.3. The van der Waals surface area contributed by atoms with Gasteiger partial charge in [-0.25, -0.2) is 39.5 Å². The summed E-state index contributed by atoms with van der Waals surface area (Å²) in [5.41, 5.74) is -0.410. The smallest absolute Gasteiger partial charge is 0.489 e. The number of halogens is 12. The van der Waals surface area contributed by atoms with Crippen LogP contribution >= 0.6 is 0 Å². The Morgan fingerprint density at radius 1 is 0.347 bits per heavy atom. The monoisotopic (exact) mass is 1030 g/mol. The molecule has 0 fully saturated rings. The van der Waals surface area contributed by atoms with Gasteiger partial charge in [0.1, 0.15) is 11.5 Å². The van der Waals surface area contributed by atoms with Crippen LogP contribution in [0.4, 0.5) is 58.4 Å². The molecule has 4 rings (SSSR count). The number of quaternary nitrogens is 1. The fourth-order valence-electron chi connectivity index (χ4n) is 8.29. The Kier molecular flexibility index (Phi) is 30.5. The van der Waals surface area contributed by atoms with Crippen LogP contribution in [0.3, 0.4) is 0 Å². The minimum absolute atomic E-state index is 0.309. The van der Waals surface area contributed by atoms with Crippen molar-refractivity contribution in [2.45, 2.75) is 187 Å². The summed E-state index contributed by atoms with van der Waals surface area (Å²) < 4.78 is 183. The van der Waals surface area contributed by atoms with Crippen molar-refractivity contribution in [3.05, 3.63) is 118 Å². The minimum Gasteiger partial charge on any atom is -0.489 e. The van der Waals surface area contributed by atoms with Crippen molar-refractivity contribution in [1.29, 1.82) is 0 Å². The summed E-state index contributed by atoms with van der Waals surface area (Å²) in [6.45, 7) is 5.03. The number of nitrogens with one attached hydrogen (secondary N) is 1. The van der Waals surface area contributed by atoms with Gasteiger partial charge in [-0.15, -0.1) is 12.1 Å². The molecule has 0 amide bonds. The molecule has 0 saturated carbocycles. The molecule has 1 atom stereocenters. The lowest BCUT2D eigenvalue weighted by atomic mass is 10.0. The van der Waals surface area contributed by atoms with Crippen molar-refractivity contribution in [3.8, 4) is 17.2 Å². The first-order valence-electron chi connectivity index (χ1n) is 26.0. The molecule has 0 radical (unpaired) electrons. The van der Waals surface area contributed by atoms with Crippen molar-refractivity contribution < 1.29 is 71.5 Å². The van der Waals surface area contributed by atoms with E-state index in [2.05, 4.69) is 19.9 Å². The highest BCUT2D eigenvalue weighted by molar-refractivity contribution is 6.39. The molecule has 17 heteroatoms. The average molecular weight is 1030 g/mol. The van der Waals surface area contributed by atoms with Crippen LogP contribution < -0.4 is 18.9 Å². The second kappa shape index (κ2) is 35.6. The highest BCUT2D eigenvalue weighted by atomic mass is 19.2. The molecule has 0 heterocycles. The van der Waals surface area contributed by atoms with E-state index in [4.69, 9.17) is 14.0 Å². The molecule has 72 heavy (non-hydrogen) atoms. The molecule has 1 unspecified atom stereocenters. The van der Waals surface area contributed by atoms with Crippen LogP contribution in [0.15, 0.2) is 42.5 Å². The maximum Gasteiger partial charge on any atom is 0.864 e. The van der Waals surface area contributed by atoms with E-state index in [1.165, 1.54) is 96.3 Å². The number of unbranched alkanes of at least 4 members (excludes halogenated alkanes) is 25. The second-order valence-corrected chi connectivity index (χ2v) is 18.3. The molecule has 0 spiro atoms. The Labute approximate surface area is 419 Å². The van der Waals surface area contributed by atoms with Crippen LogP contribution in [0.2, 0.25) is 0 Å². The van der Waals surface area contributed by atoms with Gasteiger partial charge in [0, 0.05) is 42.0 Å². The lowest BCUT2D eigenvalue weighted by Gasteiger charge is -2.24. The maximum absolute atomic E-state index is 16.0. The summed E-state index contributed by atoms with van der Waals surface area (Å²) in [4.78, 5) is 0.430. The minimum atomic E-state index is -2.32. The standard InChI is InChI=1S/C49H69BF9NO3.C6H2F3/c1-3-5-7-9-11-13-15-16-17-18-19-21-23-25-27-29-31-60(30-28-26-24-22-20-14-12-10-8-6-4-2)49-44(36-43(55)47(58)48(49)59)63-50(61-37-32-39(51)45(56)40(52)33-37)62-38-34-41(53)46(57)42(54)35-38;7-4-2-1-3-5(8)6(4)9/h32-36H,3-31H2,1-2H3;2-3H/q;-1/p+1. The van der Waals surface area contributed by atoms with Crippen molar-refractivity contribution >= 4 is 13.0 Å². The summed E-state index contributed by atoms with van der Waals surface area (Å²) in [6.07, 6.45) is 30.3. The zero-order valence-electron chi connectivity index (χ0n) is 41.9. The molecule has 0 bridgehead atoms. The molecular formula is C55H72BF12NO3. The third-order valence-electron chi connectivity index (χ3n) is 12.3. The van der Waals surface area contributed by atoms with Gasteiger partial charge >= 0.3 is 7.32 Å². The number of hydrogen-bond donors (Lipinski definition) is 1. The van der Waals surface area contributed by atoms with Crippen LogP contribution in [0.1, 0.15) is 187 Å². The van der Waals surface area contributed by atoms with Crippen molar-refractivity contribution in [2.24, 2.45) is 0 Å². The summed E-state index contributed by atoms with van der Waals surface area (Å²) in [6, 6.07) is 5.76. The largest absolute Gasteiger partial charge is 0.864 e. The van der Waals surface area contributed by atoms with Crippen LogP contribution in [-0.2, 0) is 0 Å². The van der Waals surface area contributed by atoms with E-state index in [-0.39, 0.29) is 0 Å². The lowest BCUT2D eigenvalue weighted by Crippen LogP contribution is -3.07. The van der Waals surface area contributed by atoms with Gasteiger partial charge in [-0.3, -0.25) is 13.7 Å². The zero-order chi connectivity index (χ0) is 52.7. The third kappa shape index (κ3) is 23.1. The molecule has 4 aromatic rings. The van der Waals surface area contributed by atoms with Crippen LogP contribution in [0.25, 0.3) is 0 Å². The van der Waals surface area contributed by atoms with Crippen molar-refractivity contribution in [1.82, 2.24) is 0 Å². The van der Waals surface area contributed by atoms with E-state index < -0.39 is 100 Å². The van der Waals surface area contributed by atoms with Crippen molar-refractivity contribution in [2.75, 3.05) is 13.1 Å². The molecule has 0 aliphatic heterocycles. The Balaban J connectivity index is 0.00000136. The topological polar surface area (TPSA) is 32.1 Å². The van der Waals surface area contributed by atoms with E-state index >= 15 is 8.78 Å². The van der Waals surface area contributed by atoms with Gasteiger partial charge in [0.2, 0.25) is 17.3 Å². The van der Waals surface area contributed by atoms with E-state index in [0.29, 0.717) is 61.2 Å². The lowest BCUT2D eigenvalue weighted by molar-refractivity contribution is -0.834. The Morgan fingerprint density at radius 2 is 0.639 bits per heavy atom. The van der Waals surface area contributed by atoms with Gasteiger partial charge in [0.25, 0.3) is 0 Å². The predicted octanol–water partition coefficient (Wildman–Crippen LogP) is 17.5. The average Bonchev–Trinajstić information content (AvgIpc) is 3.34. The normalized spacial score (nSPS) is 11.6. The first-order valence-corrected chi connectivity index (χ1v) is 26.0. The highest BCUT2D eigenvalue weighted by Crippen LogP contribution is 2.31. The molecule has 0 saturated heterocycles. The van der Waals surface area contributed by atoms with Gasteiger partial charge in [0.15, 0.2) is 46.5 Å². The fraction of sp³-hybridized carbons (Fsp3) is 0.564. The van der Waals surface area contributed by atoms with Gasteiger partial charge in [-0.2, -0.15) is 10.5 Å². The molecule has 0 aliphatic carbocycles. The Morgan fingerprint density at radius 3 is 0.958 bits per heavy atom. The van der Waals surface area contributed by atoms with Gasteiger partial charge in [-0.05, 0) is 25.7 Å². The molecule has 1 N–H and O–H groups in total. The summed E-state index contributed by atoms with van der Waals surface area (Å²) >= 11 is 0. The van der Waals surface area contributed by atoms with Gasteiger partial charge in [0.05, 0.1) is 18.9 Å².